The summed E-state index contributed by atoms with van der Waals surface area (Å²) in [5.41, 5.74) is 1.88. The van der Waals surface area contributed by atoms with Crippen LogP contribution in [0.25, 0.3) is 0 Å². The zero-order chi connectivity index (χ0) is 19.2. The normalized spacial score (nSPS) is 18.6. The molecule has 0 bridgehead atoms. The summed E-state index contributed by atoms with van der Waals surface area (Å²) in [5, 5.41) is 2.75. The van der Waals surface area contributed by atoms with E-state index in [0.29, 0.717) is 18.1 Å². The van der Waals surface area contributed by atoms with Gasteiger partial charge in [0.2, 0.25) is 6.41 Å². The lowest BCUT2D eigenvalue weighted by Crippen LogP contribution is -2.30. The molecule has 0 saturated heterocycles. The molecule has 1 fully saturated rings. The zero-order valence-electron chi connectivity index (χ0n) is 16.8. The number of anilines is 2. The second kappa shape index (κ2) is 13.5. The summed E-state index contributed by atoms with van der Waals surface area (Å²) in [6.07, 6.45) is 4.96. The molecule has 0 heterocycles. The Hall–Kier alpha value is -1.84. The van der Waals surface area contributed by atoms with Gasteiger partial charge in [-0.15, -0.1) is 0 Å². The summed E-state index contributed by atoms with van der Waals surface area (Å²) in [5.74, 6) is 1.23. The molecule has 4 nitrogen and oxygen atoms in total. The first-order valence-electron chi connectivity index (χ1n) is 9.62. The van der Waals surface area contributed by atoms with Crippen molar-refractivity contribution in [2.75, 3.05) is 23.8 Å². The Morgan fingerprint density at radius 2 is 1.68 bits per heavy atom. The van der Waals surface area contributed by atoms with Gasteiger partial charge in [-0.05, 0) is 50.7 Å². The van der Waals surface area contributed by atoms with E-state index in [1.54, 1.807) is 6.92 Å². The Morgan fingerprint density at radius 3 is 2.20 bits per heavy atom. The van der Waals surface area contributed by atoms with Crippen molar-refractivity contribution in [1.82, 2.24) is 0 Å². The summed E-state index contributed by atoms with van der Waals surface area (Å²) < 4.78 is 0. The average Bonchev–Trinajstić information content (AvgIpc) is 2.66. The van der Waals surface area contributed by atoms with Crippen molar-refractivity contribution in [2.24, 2.45) is 11.8 Å². The van der Waals surface area contributed by atoms with Crippen molar-refractivity contribution >= 4 is 23.6 Å². The molecular weight excluding hydrogens is 312 g/mol. The predicted octanol–water partition coefficient (Wildman–Crippen LogP) is 5.14. The topological polar surface area (TPSA) is 49.4 Å². The molecule has 1 aromatic rings. The number of nitrogens with zero attached hydrogens (tertiary/aromatic N) is 1. The molecule has 25 heavy (non-hydrogen) atoms. The fourth-order valence-electron chi connectivity index (χ4n) is 3.23. The molecule has 1 aromatic carbocycles. The van der Waals surface area contributed by atoms with Gasteiger partial charge in [0.15, 0.2) is 0 Å². The Morgan fingerprint density at radius 1 is 1.12 bits per heavy atom. The van der Waals surface area contributed by atoms with E-state index in [2.05, 4.69) is 17.3 Å². The van der Waals surface area contributed by atoms with Crippen LogP contribution in [-0.4, -0.2) is 25.8 Å². The molecule has 0 spiro atoms. The van der Waals surface area contributed by atoms with Crippen LogP contribution < -0.4 is 10.2 Å². The van der Waals surface area contributed by atoms with Gasteiger partial charge in [-0.1, -0.05) is 39.8 Å². The molecule has 1 N–H and O–H groups in total. The number of Topliss-reactive ketones (excluding diaryl/α,β-unsaturated/α-hetero) is 1. The molecule has 1 aliphatic carbocycles. The lowest BCUT2D eigenvalue weighted by molar-refractivity contribution is -0.121. The van der Waals surface area contributed by atoms with Gasteiger partial charge in [-0.2, -0.15) is 0 Å². The van der Waals surface area contributed by atoms with Crippen LogP contribution in [0.15, 0.2) is 24.3 Å². The highest BCUT2D eigenvalue weighted by Crippen LogP contribution is 2.32. The minimum atomic E-state index is 0.274. The third kappa shape index (κ3) is 7.72. The quantitative estimate of drug-likeness (QED) is 0.724. The monoisotopic (exact) mass is 348 g/mol. The standard InChI is InChI=1S/C17H24N2O2.2C2H6/c1-13(21)15-9-7-14(8-10-15)11-19(2)17-6-4-3-5-16(17)18-12-20;2*1-2/h3-6,12,14-15H,7-11H2,1-2H3,(H,18,20);2*1-2H3. The first kappa shape index (κ1) is 23.2. The van der Waals surface area contributed by atoms with Crippen molar-refractivity contribution in [3.63, 3.8) is 0 Å². The molecule has 1 saturated carbocycles. The summed E-state index contributed by atoms with van der Waals surface area (Å²) >= 11 is 0. The Balaban J connectivity index is 0.00000134. The number of carbonyl (C=O) groups is 2. The van der Waals surface area contributed by atoms with Crippen molar-refractivity contribution in [1.29, 1.82) is 0 Å². The number of rotatable bonds is 6. The molecule has 0 unspecified atom stereocenters. The highest BCUT2D eigenvalue weighted by molar-refractivity contribution is 5.81. The molecule has 1 amide bonds. The number of ketones is 1. The number of benzene rings is 1. The third-order valence-electron chi connectivity index (χ3n) is 4.48. The number of hydrogen-bond acceptors (Lipinski definition) is 3. The van der Waals surface area contributed by atoms with E-state index >= 15 is 0 Å². The number of carbonyl (C=O) groups excluding carboxylic acids is 2. The molecule has 4 heteroatoms. The summed E-state index contributed by atoms with van der Waals surface area (Å²) in [4.78, 5) is 24.3. The van der Waals surface area contributed by atoms with Crippen molar-refractivity contribution in [3.05, 3.63) is 24.3 Å². The fraction of sp³-hybridized carbons (Fsp3) is 0.619. The number of amides is 1. The van der Waals surface area contributed by atoms with E-state index in [1.807, 2.05) is 52.0 Å². The third-order valence-corrected chi connectivity index (χ3v) is 4.48. The second-order valence-electron chi connectivity index (χ2n) is 5.99. The first-order chi connectivity index (χ1) is 12.1. The smallest absolute Gasteiger partial charge is 0.211 e. The first-order valence-corrected chi connectivity index (χ1v) is 9.62. The number of para-hydroxylation sites is 2. The van der Waals surface area contributed by atoms with Crippen LogP contribution in [0.4, 0.5) is 11.4 Å². The fourth-order valence-corrected chi connectivity index (χ4v) is 3.23. The van der Waals surface area contributed by atoms with Crippen molar-refractivity contribution in [3.8, 4) is 0 Å². The molecular formula is C21H36N2O2. The van der Waals surface area contributed by atoms with Crippen LogP contribution in [0.3, 0.4) is 0 Å². The van der Waals surface area contributed by atoms with E-state index < -0.39 is 0 Å². The SMILES string of the molecule is CC.CC.CC(=O)C1CCC(CN(C)c2ccccc2NC=O)CC1. The van der Waals surface area contributed by atoms with Crippen LogP contribution in [0.5, 0.6) is 0 Å². The second-order valence-corrected chi connectivity index (χ2v) is 5.99. The maximum atomic E-state index is 11.4. The average molecular weight is 349 g/mol. The predicted molar refractivity (Wildman–Crippen MR) is 108 cm³/mol. The molecule has 2 rings (SSSR count). The summed E-state index contributed by atoms with van der Waals surface area (Å²) in [6.45, 7) is 10.7. The van der Waals surface area contributed by atoms with Crippen LogP contribution >= 0.6 is 0 Å². The van der Waals surface area contributed by atoms with Crippen LogP contribution in [0.2, 0.25) is 0 Å². The largest absolute Gasteiger partial charge is 0.373 e. The maximum absolute atomic E-state index is 11.4. The molecule has 1 aliphatic rings. The Labute approximate surface area is 154 Å². The van der Waals surface area contributed by atoms with Crippen LogP contribution in [-0.2, 0) is 9.59 Å². The molecule has 0 atom stereocenters. The summed E-state index contributed by atoms with van der Waals surface area (Å²) in [6, 6.07) is 7.83. The van der Waals surface area contributed by atoms with E-state index in [1.165, 1.54) is 0 Å². The minimum absolute atomic E-state index is 0.274. The Kier molecular flexibility index (Phi) is 12.5. The van der Waals surface area contributed by atoms with Gasteiger partial charge in [0.25, 0.3) is 0 Å². The van der Waals surface area contributed by atoms with Crippen molar-refractivity contribution < 1.29 is 9.59 Å². The Bertz CT molecular complexity index is 494. The van der Waals surface area contributed by atoms with Gasteiger partial charge in [0.05, 0.1) is 11.4 Å². The van der Waals surface area contributed by atoms with Crippen molar-refractivity contribution in [2.45, 2.75) is 60.3 Å². The lowest BCUT2D eigenvalue weighted by atomic mass is 9.80. The van der Waals surface area contributed by atoms with E-state index in [4.69, 9.17) is 0 Å². The van der Waals surface area contributed by atoms with E-state index in [9.17, 15) is 9.59 Å². The van der Waals surface area contributed by atoms with E-state index in [-0.39, 0.29) is 5.92 Å². The summed E-state index contributed by atoms with van der Waals surface area (Å²) in [7, 11) is 2.06. The zero-order valence-corrected chi connectivity index (χ0v) is 16.8. The van der Waals surface area contributed by atoms with Crippen LogP contribution in [0.1, 0.15) is 60.3 Å². The number of nitrogens with one attached hydrogen (secondary N) is 1. The van der Waals surface area contributed by atoms with Gasteiger partial charge in [-0.25, -0.2) is 0 Å². The maximum Gasteiger partial charge on any atom is 0.211 e. The van der Waals surface area contributed by atoms with Gasteiger partial charge in [0.1, 0.15) is 5.78 Å². The van der Waals surface area contributed by atoms with E-state index in [0.717, 1.165) is 43.6 Å². The highest BCUT2D eigenvalue weighted by atomic mass is 16.1. The highest BCUT2D eigenvalue weighted by Gasteiger charge is 2.25. The minimum Gasteiger partial charge on any atom is -0.373 e. The number of hydrogen-bond donors (Lipinski definition) is 1. The van der Waals surface area contributed by atoms with Gasteiger partial charge < -0.3 is 10.2 Å². The van der Waals surface area contributed by atoms with Gasteiger partial charge >= 0.3 is 0 Å². The van der Waals surface area contributed by atoms with Gasteiger partial charge in [-0.3, -0.25) is 9.59 Å². The molecule has 0 aliphatic heterocycles. The van der Waals surface area contributed by atoms with Gasteiger partial charge in [0, 0.05) is 19.5 Å². The molecule has 142 valence electrons. The molecule has 0 radical (unpaired) electrons. The lowest BCUT2D eigenvalue weighted by Gasteiger charge is -2.31. The molecule has 0 aromatic heterocycles. The van der Waals surface area contributed by atoms with Crippen LogP contribution in [0, 0.1) is 11.8 Å².